The topological polar surface area (TPSA) is 18.5 Å². The smallest absolute Gasteiger partial charge is 0.157 e. The van der Waals surface area contributed by atoms with E-state index in [0.29, 0.717) is 0 Å². The molecule has 0 aromatic carbocycles. The van der Waals surface area contributed by atoms with Gasteiger partial charge >= 0.3 is 0 Å². The molecule has 0 radical (unpaired) electrons. The number of hydrogen-bond donors (Lipinski definition) is 0. The highest BCUT2D eigenvalue weighted by Gasteiger charge is 2.06. The summed E-state index contributed by atoms with van der Waals surface area (Å²) in [4.78, 5) is 0. The van der Waals surface area contributed by atoms with E-state index < -0.39 is 0 Å². The zero-order valence-corrected chi connectivity index (χ0v) is 9.48. The molecular weight excluding hydrogens is 188 g/mol. The lowest BCUT2D eigenvalue weighted by atomic mass is 10.2. The molecule has 0 amide bonds. The van der Waals surface area contributed by atoms with Crippen LogP contribution in [0, 0.1) is 0 Å². The van der Waals surface area contributed by atoms with Gasteiger partial charge in [0, 0.05) is 19.1 Å². The Kier molecular flexibility index (Phi) is 10.5. The lowest BCUT2D eigenvalue weighted by Crippen LogP contribution is -2.17. The summed E-state index contributed by atoms with van der Waals surface area (Å²) in [6, 6.07) is 0. The first-order valence-electron chi connectivity index (χ1n) is 5.14. The molecule has 3 heteroatoms. The molecule has 0 aromatic heterocycles. The third-order valence-electron chi connectivity index (χ3n) is 1.78. The van der Waals surface area contributed by atoms with Crippen LogP contribution in [0.2, 0.25) is 0 Å². The van der Waals surface area contributed by atoms with Gasteiger partial charge in [0.1, 0.15) is 0 Å². The van der Waals surface area contributed by atoms with Crippen molar-refractivity contribution in [2.24, 2.45) is 0 Å². The van der Waals surface area contributed by atoms with Gasteiger partial charge in [0.25, 0.3) is 0 Å². The maximum Gasteiger partial charge on any atom is 0.157 e. The highest BCUT2D eigenvalue weighted by Crippen LogP contribution is 2.08. The van der Waals surface area contributed by atoms with Crippen molar-refractivity contribution in [1.29, 1.82) is 0 Å². The van der Waals surface area contributed by atoms with E-state index in [9.17, 15) is 0 Å². The van der Waals surface area contributed by atoms with Gasteiger partial charge < -0.3 is 9.47 Å². The predicted octanol–water partition coefficient (Wildman–Crippen LogP) is 3.18. The standard InChI is InChI=1S/C10H21ClO2/c1-3-12-10(13-4-2)8-6-5-7-9-11/h10H,3-9H2,1-2H3. The van der Waals surface area contributed by atoms with Crippen LogP contribution >= 0.6 is 11.6 Å². The number of alkyl halides is 1. The van der Waals surface area contributed by atoms with Gasteiger partial charge in [-0.3, -0.25) is 0 Å². The van der Waals surface area contributed by atoms with Crippen molar-refractivity contribution in [2.45, 2.75) is 45.8 Å². The quantitative estimate of drug-likeness (QED) is 0.329. The zero-order valence-electron chi connectivity index (χ0n) is 8.72. The Hall–Kier alpha value is 0.210. The van der Waals surface area contributed by atoms with Crippen LogP contribution < -0.4 is 0 Å². The first kappa shape index (κ1) is 13.2. The highest BCUT2D eigenvalue weighted by molar-refractivity contribution is 6.17. The summed E-state index contributed by atoms with van der Waals surface area (Å²) in [6.07, 6.45) is 4.37. The largest absolute Gasteiger partial charge is 0.353 e. The molecule has 0 saturated carbocycles. The molecule has 0 unspecified atom stereocenters. The van der Waals surface area contributed by atoms with E-state index in [1.807, 2.05) is 13.8 Å². The Morgan fingerprint density at radius 3 is 2.08 bits per heavy atom. The van der Waals surface area contributed by atoms with E-state index in [1.165, 1.54) is 6.42 Å². The van der Waals surface area contributed by atoms with Gasteiger partial charge in [0.15, 0.2) is 6.29 Å². The summed E-state index contributed by atoms with van der Waals surface area (Å²) in [7, 11) is 0. The molecule has 0 atom stereocenters. The van der Waals surface area contributed by atoms with Crippen molar-refractivity contribution in [1.82, 2.24) is 0 Å². The van der Waals surface area contributed by atoms with Gasteiger partial charge in [0.2, 0.25) is 0 Å². The summed E-state index contributed by atoms with van der Waals surface area (Å²) in [5.74, 6) is 0.758. The van der Waals surface area contributed by atoms with Crippen LogP contribution in [0.3, 0.4) is 0 Å². The Labute approximate surface area is 86.6 Å². The average molecular weight is 209 g/mol. The lowest BCUT2D eigenvalue weighted by Gasteiger charge is -2.16. The molecule has 0 aliphatic heterocycles. The number of unbranched alkanes of at least 4 members (excludes halogenated alkanes) is 2. The van der Waals surface area contributed by atoms with E-state index in [2.05, 4.69) is 0 Å². The fourth-order valence-corrected chi connectivity index (χ4v) is 1.36. The molecule has 0 saturated heterocycles. The number of rotatable bonds is 9. The molecule has 0 aromatic rings. The van der Waals surface area contributed by atoms with Crippen molar-refractivity contribution in [3.63, 3.8) is 0 Å². The minimum absolute atomic E-state index is 0.00896. The fraction of sp³-hybridized carbons (Fsp3) is 1.00. The molecule has 0 aliphatic rings. The van der Waals surface area contributed by atoms with Gasteiger partial charge in [-0.2, -0.15) is 0 Å². The predicted molar refractivity (Wildman–Crippen MR) is 56.2 cm³/mol. The molecule has 0 aliphatic carbocycles. The van der Waals surface area contributed by atoms with Crippen LogP contribution in [-0.4, -0.2) is 25.4 Å². The van der Waals surface area contributed by atoms with Gasteiger partial charge in [-0.05, 0) is 33.1 Å². The molecule has 2 nitrogen and oxygen atoms in total. The van der Waals surface area contributed by atoms with Crippen LogP contribution in [-0.2, 0) is 9.47 Å². The molecule has 0 rings (SSSR count). The summed E-state index contributed by atoms with van der Waals surface area (Å²) in [6.45, 7) is 5.43. The van der Waals surface area contributed by atoms with E-state index in [-0.39, 0.29) is 6.29 Å². The van der Waals surface area contributed by atoms with Gasteiger partial charge in [-0.15, -0.1) is 11.6 Å². The second-order valence-electron chi connectivity index (χ2n) is 2.88. The molecule has 0 spiro atoms. The molecule has 0 fully saturated rings. The van der Waals surface area contributed by atoms with Crippen LogP contribution in [0.4, 0.5) is 0 Å². The molecule has 13 heavy (non-hydrogen) atoms. The number of hydrogen-bond acceptors (Lipinski definition) is 2. The molecule has 0 N–H and O–H groups in total. The van der Waals surface area contributed by atoms with Crippen LogP contribution in [0.5, 0.6) is 0 Å². The summed E-state index contributed by atoms with van der Waals surface area (Å²) < 4.78 is 10.8. The Morgan fingerprint density at radius 1 is 1.00 bits per heavy atom. The van der Waals surface area contributed by atoms with E-state index in [4.69, 9.17) is 21.1 Å². The Morgan fingerprint density at radius 2 is 1.62 bits per heavy atom. The molecular formula is C10H21ClO2. The van der Waals surface area contributed by atoms with Gasteiger partial charge in [-0.1, -0.05) is 6.42 Å². The summed E-state index contributed by atoms with van der Waals surface area (Å²) in [5, 5.41) is 0. The Bertz CT molecular complexity index is 92.9. The van der Waals surface area contributed by atoms with Crippen molar-refractivity contribution in [3.8, 4) is 0 Å². The first-order valence-corrected chi connectivity index (χ1v) is 5.67. The van der Waals surface area contributed by atoms with Gasteiger partial charge in [-0.25, -0.2) is 0 Å². The van der Waals surface area contributed by atoms with Crippen molar-refractivity contribution >= 4 is 11.6 Å². The van der Waals surface area contributed by atoms with E-state index in [1.54, 1.807) is 0 Å². The Balaban J connectivity index is 3.33. The van der Waals surface area contributed by atoms with Crippen molar-refractivity contribution in [2.75, 3.05) is 19.1 Å². The van der Waals surface area contributed by atoms with Crippen molar-refractivity contribution < 1.29 is 9.47 Å². The number of halogens is 1. The maximum absolute atomic E-state index is 5.58. The van der Waals surface area contributed by atoms with Gasteiger partial charge in [0.05, 0.1) is 0 Å². The van der Waals surface area contributed by atoms with Crippen LogP contribution in [0.15, 0.2) is 0 Å². The monoisotopic (exact) mass is 208 g/mol. The van der Waals surface area contributed by atoms with E-state index >= 15 is 0 Å². The third kappa shape index (κ3) is 8.54. The van der Waals surface area contributed by atoms with Crippen LogP contribution in [0.1, 0.15) is 39.5 Å². The highest BCUT2D eigenvalue weighted by atomic mass is 35.5. The summed E-state index contributed by atoms with van der Waals surface area (Å²) in [5.41, 5.74) is 0. The SMILES string of the molecule is CCOC(CCCCCCl)OCC. The molecule has 80 valence electrons. The number of ether oxygens (including phenoxy) is 2. The average Bonchev–Trinajstić information content (AvgIpc) is 2.13. The third-order valence-corrected chi connectivity index (χ3v) is 2.05. The van der Waals surface area contributed by atoms with Crippen LogP contribution in [0.25, 0.3) is 0 Å². The first-order chi connectivity index (χ1) is 6.35. The summed E-state index contributed by atoms with van der Waals surface area (Å²) >= 11 is 5.58. The normalized spacial score (nSPS) is 11.1. The minimum Gasteiger partial charge on any atom is -0.353 e. The molecule has 0 heterocycles. The lowest BCUT2D eigenvalue weighted by molar-refractivity contribution is -0.140. The second kappa shape index (κ2) is 10.3. The maximum atomic E-state index is 5.58. The second-order valence-corrected chi connectivity index (χ2v) is 3.26. The molecule has 0 bridgehead atoms. The van der Waals surface area contributed by atoms with Crippen molar-refractivity contribution in [3.05, 3.63) is 0 Å². The zero-order chi connectivity index (χ0) is 9.94. The fourth-order valence-electron chi connectivity index (χ4n) is 1.17. The minimum atomic E-state index is -0.00896. The van der Waals surface area contributed by atoms with E-state index in [0.717, 1.165) is 38.4 Å².